The highest BCUT2D eigenvalue weighted by molar-refractivity contribution is 5.96. The highest BCUT2D eigenvalue weighted by Crippen LogP contribution is 2.46. The summed E-state index contributed by atoms with van der Waals surface area (Å²) in [5, 5.41) is 17.8. The first-order valence-corrected chi connectivity index (χ1v) is 13.0. The zero-order chi connectivity index (χ0) is 25.8. The van der Waals surface area contributed by atoms with Crippen LogP contribution in [0, 0.1) is 12.8 Å². The lowest BCUT2D eigenvalue weighted by molar-refractivity contribution is -0.115. The van der Waals surface area contributed by atoms with Crippen molar-refractivity contribution < 1.29 is 9.53 Å². The van der Waals surface area contributed by atoms with E-state index in [0.717, 1.165) is 52.8 Å². The zero-order valence-electron chi connectivity index (χ0n) is 21.6. The molecule has 0 bridgehead atoms. The average Bonchev–Trinajstić information content (AvgIpc) is 3.36. The number of ether oxygens (including phenoxy) is 1. The van der Waals surface area contributed by atoms with Gasteiger partial charge in [-0.05, 0) is 70.9 Å². The van der Waals surface area contributed by atoms with Gasteiger partial charge in [0.05, 0.1) is 18.7 Å². The van der Waals surface area contributed by atoms with Gasteiger partial charge in [-0.2, -0.15) is 0 Å². The Morgan fingerprint density at radius 3 is 2.65 bits per heavy atom. The van der Waals surface area contributed by atoms with Gasteiger partial charge in [0, 0.05) is 11.1 Å². The predicted octanol–water partition coefficient (Wildman–Crippen LogP) is 6.33. The number of H-pyrrole nitrogens is 1. The number of hydrogen-bond donors (Lipinski definition) is 2. The molecule has 0 fully saturated rings. The molecule has 1 aromatic heterocycles. The van der Waals surface area contributed by atoms with Crippen LogP contribution in [0.25, 0.3) is 22.5 Å². The van der Waals surface area contributed by atoms with Gasteiger partial charge in [-0.15, -0.1) is 5.10 Å². The van der Waals surface area contributed by atoms with Crippen LogP contribution in [-0.4, -0.2) is 33.1 Å². The maximum atomic E-state index is 13.2. The molecule has 1 aliphatic heterocycles. The predicted molar refractivity (Wildman–Crippen MR) is 145 cm³/mol. The zero-order valence-corrected chi connectivity index (χ0v) is 21.6. The van der Waals surface area contributed by atoms with E-state index in [2.05, 4.69) is 51.9 Å². The number of amides is 1. The number of benzene rings is 3. The molecule has 0 saturated carbocycles. The molecule has 5 rings (SSSR count). The van der Waals surface area contributed by atoms with Crippen LogP contribution < -0.4 is 10.1 Å². The molecule has 0 spiro atoms. The summed E-state index contributed by atoms with van der Waals surface area (Å²) in [5.74, 6) is 2.16. The maximum Gasteiger partial charge on any atom is 0.228 e. The Morgan fingerprint density at radius 1 is 1.14 bits per heavy atom. The van der Waals surface area contributed by atoms with Gasteiger partial charge >= 0.3 is 0 Å². The SMILES string of the molecule is CCC(C)C1CCCOc2c(NC(=O)Cc3ccc(C)cc3)cc(-c3ccccc3-c3nnn[nH]3)cc21. The van der Waals surface area contributed by atoms with E-state index < -0.39 is 0 Å². The third-order valence-electron chi connectivity index (χ3n) is 7.35. The highest BCUT2D eigenvalue weighted by Gasteiger charge is 2.28. The number of nitrogens with one attached hydrogen (secondary N) is 2. The molecule has 0 radical (unpaired) electrons. The molecular formula is C30H33N5O2. The molecule has 3 aromatic carbocycles. The number of rotatable bonds is 7. The van der Waals surface area contributed by atoms with E-state index >= 15 is 0 Å². The second kappa shape index (κ2) is 10.9. The van der Waals surface area contributed by atoms with E-state index in [1.165, 1.54) is 5.56 Å². The first-order chi connectivity index (χ1) is 18.0. The maximum absolute atomic E-state index is 13.2. The fourth-order valence-electron chi connectivity index (χ4n) is 5.15. The van der Waals surface area contributed by atoms with Crippen molar-refractivity contribution in [3.8, 4) is 28.3 Å². The number of aryl methyl sites for hydroxylation is 1. The number of hydrogen-bond acceptors (Lipinski definition) is 5. The molecule has 7 heteroatoms. The van der Waals surface area contributed by atoms with Gasteiger partial charge in [0.25, 0.3) is 0 Å². The number of aromatic nitrogens is 4. The lowest BCUT2D eigenvalue weighted by atomic mass is 9.81. The quantitative estimate of drug-likeness (QED) is 0.313. The molecule has 0 aliphatic carbocycles. The lowest BCUT2D eigenvalue weighted by Crippen LogP contribution is -2.16. The normalized spacial score (nSPS) is 15.8. The Hall–Kier alpha value is -4.00. The van der Waals surface area contributed by atoms with Crippen molar-refractivity contribution in [3.63, 3.8) is 0 Å². The summed E-state index contributed by atoms with van der Waals surface area (Å²) in [7, 11) is 0. The summed E-state index contributed by atoms with van der Waals surface area (Å²) >= 11 is 0. The number of aromatic amines is 1. The van der Waals surface area contributed by atoms with E-state index in [-0.39, 0.29) is 5.91 Å². The van der Waals surface area contributed by atoms with Crippen LogP contribution in [-0.2, 0) is 11.2 Å². The molecule has 4 aromatic rings. The van der Waals surface area contributed by atoms with Crippen LogP contribution >= 0.6 is 0 Å². The molecule has 37 heavy (non-hydrogen) atoms. The standard InChI is InChI=1S/C30H33N5O2/c1-4-20(3)23-10-7-15-37-29-26(23)17-22(24-8-5-6-9-25(24)30-32-34-35-33-30)18-27(29)31-28(36)16-21-13-11-19(2)12-14-21/h5-6,8-9,11-14,17-18,20,23H,4,7,10,15-16H2,1-3H3,(H,31,36)(H,32,33,34,35). The molecular weight excluding hydrogens is 462 g/mol. The first kappa shape index (κ1) is 24.7. The highest BCUT2D eigenvalue weighted by atomic mass is 16.5. The minimum absolute atomic E-state index is 0.0659. The van der Waals surface area contributed by atoms with Crippen molar-refractivity contribution in [3.05, 3.63) is 77.4 Å². The topological polar surface area (TPSA) is 92.8 Å². The van der Waals surface area contributed by atoms with Crippen LogP contribution in [0.4, 0.5) is 5.69 Å². The van der Waals surface area contributed by atoms with Gasteiger partial charge < -0.3 is 10.1 Å². The monoisotopic (exact) mass is 495 g/mol. The van der Waals surface area contributed by atoms with Crippen molar-refractivity contribution in [2.24, 2.45) is 5.92 Å². The van der Waals surface area contributed by atoms with E-state index in [9.17, 15) is 4.79 Å². The fourth-order valence-corrected chi connectivity index (χ4v) is 5.15. The van der Waals surface area contributed by atoms with Crippen LogP contribution in [0.1, 0.15) is 55.7 Å². The number of carbonyl (C=O) groups excluding carboxylic acids is 1. The molecule has 2 heterocycles. The molecule has 7 nitrogen and oxygen atoms in total. The summed E-state index contributed by atoms with van der Waals surface area (Å²) in [6, 6.07) is 20.4. The molecule has 2 atom stereocenters. The van der Waals surface area contributed by atoms with Gasteiger partial charge in [-0.1, -0.05) is 74.4 Å². The number of fused-ring (bicyclic) bond motifs is 1. The van der Waals surface area contributed by atoms with E-state index in [1.807, 2.05) is 55.5 Å². The second-order valence-electron chi connectivity index (χ2n) is 9.93. The Morgan fingerprint density at radius 2 is 1.92 bits per heavy atom. The third kappa shape index (κ3) is 5.40. The molecule has 1 aliphatic rings. The van der Waals surface area contributed by atoms with Crippen molar-refractivity contribution in [1.29, 1.82) is 0 Å². The summed E-state index contributed by atoms with van der Waals surface area (Å²) in [5.41, 5.74) is 6.91. The first-order valence-electron chi connectivity index (χ1n) is 13.0. The Labute approximate surface area is 217 Å². The van der Waals surface area contributed by atoms with E-state index in [4.69, 9.17) is 4.74 Å². The average molecular weight is 496 g/mol. The van der Waals surface area contributed by atoms with Gasteiger partial charge in [0.15, 0.2) is 5.82 Å². The number of carbonyl (C=O) groups is 1. The van der Waals surface area contributed by atoms with Crippen molar-refractivity contribution in [2.45, 2.75) is 52.4 Å². The summed E-state index contributed by atoms with van der Waals surface area (Å²) in [6.45, 7) is 7.22. The summed E-state index contributed by atoms with van der Waals surface area (Å²) in [4.78, 5) is 13.2. The van der Waals surface area contributed by atoms with Gasteiger partial charge in [0.2, 0.25) is 5.91 Å². The lowest BCUT2D eigenvalue weighted by Gasteiger charge is -2.25. The number of nitrogens with zero attached hydrogens (tertiary/aromatic N) is 3. The van der Waals surface area contributed by atoms with Gasteiger partial charge in [-0.3, -0.25) is 4.79 Å². The van der Waals surface area contributed by atoms with Crippen LogP contribution in [0.3, 0.4) is 0 Å². The summed E-state index contributed by atoms with van der Waals surface area (Å²) < 4.78 is 6.31. The van der Waals surface area contributed by atoms with E-state index in [0.29, 0.717) is 36.4 Å². The minimum atomic E-state index is -0.0659. The molecule has 190 valence electrons. The summed E-state index contributed by atoms with van der Waals surface area (Å²) in [6.07, 6.45) is 3.41. The Kier molecular flexibility index (Phi) is 7.30. The molecule has 2 N–H and O–H groups in total. The van der Waals surface area contributed by atoms with Crippen molar-refractivity contribution >= 4 is 11.6 Å². The fraction of sp³-hybridized carbons (Fsp3) is 0.333. The van der Waals surface area contributed by atoms with Crippen LogP contribution in [0.5, 0.6) is 5.75 Å². The number of anilines is 1. The van der Waals surface area contributed by atoms with Crippen LogP contribution in [0.2, 0.25) is 0 Å². The van der Waals surface area contributed by atoms with Crippen molar-refractivity contribution in [1.82, 2.24) is 20.6 Å². The molecule has 2 unspecified atom stereocenters. The molecule has 0 saturated heterocycles. The van der Waals surface area contributed by atoms with E-state index in [1.54, 1.807) is 0 Å². The van der Waals surface area contributed by atoms with Crippen molar-refractivity contribution in [2.75, 3.05) is 11.9 Å². The Balaban J connectivity index is 1.60. The largest absolute Gasteiger partial charge is 0.491 e. The van der Waals surface area contributed by atoms with Gasteiger partial charge in [0.1, 0.15) is 5.75 Å². The number of tetrazole rings is 1. The minimum Gasteiger partial charge on any atom is -0.491 e. The van der Waals surface area contributed by atoms with Gasteiger partial charge in [-0.25, -0.2) is 5.10 Å². The molecule has 1 amide bonds. The van der Waals surface area contributed by atoms with Crippen LogP contribution in [0.15, 0.2) is 60.7 Å². The smallest absolute Gasteiger partial charge is 0.228 e. The second-order valence-corrected chi connectivity index (χ2v) is 9.93. The third-order valence-corrected chi connectivity index (χ3v) is 7.35. The Bertz CT molecular complexity index is 1370.